The summed E-state index contributed by atoms with van der Waals surface area (Å²) in [6, 6.07) is 19.2. The van der Waals surface area contributed by atoms with Crippen LogP contribution in [-0.2, 0) is 4.79 Å². The molecule has 8 heteroatoms. The zero-order valence-corrected chi connectivity index (χ0v) is 16.8. The van der Waals surface area contributed by atoms with E-state index >= 15 is 0 Å². The Balaban J connectivity index is 1.71. The summed E-state index contributed by atoms with van der Waals surface area (Å²) in [5.74, 6) is -0.318. The van der Waals surface area contributed by atoms with E-state index in [0.29, 0.717) is 22.1 Å². The second-order valence-electron chi connectivity index (χ2n) is 6.90. The Kier molecular flexibility index (Phi) is 5.16. The molecular formula is C22H18N4O3S. The first-order valence-corrected chi connectivity index (χ1v) is 9.66. The van der Waals surface area contributed by atoms with Crippen LogP contribution in [-0.4, -0.2) is 15.9 Å². The summed E-state index contributed by atoms with van der Waals surface area (Å²) in [6.45, 7) is 1.80. The molecule has 1 unspecified atom stereocenters. The number of thiocarbonyl (C=S) groups is 1. The van der Waals surface area contributed by atoms with Crippen molar-refractivity contribution < 1.29 is 9.72 Å². The van der Waals surface area contributed by atoms with Gasteiger partial charge in [0.1, 0.15) is 0 Å². The molecule has 30 heavy (non-hydrogen) atoms. The van der Waals surface area contributed by atoms with Crippen LogP contribution in [0.2, 0.25) is 0 Å². The van der Waals surface area contributed by atoms with Crippen molar-refractivity contribution in [3.05, 3.63) is 93.7 Å². The lowest BCUT2D eigenvalue weighted by Crippen LogP contribution is -2.45. The van der Waals surface area contributed by atoms with Gasteiger partial charge in [-0.25, -0.2) is 0 Å². The molecule has 0 aliphatic carbocycles. The molecule has 0 aromatic heterocycles. The highest BCUT2D eigenvalue weighted by atomic mass is 32.1. The molecule has 4 rings (SSSR count). The molecule has 3 N–H and O–H groups in total. The minimum atomic E-state index is -0.481. The first kappa shape index (κ1) is 19.5. The third-order valence-electron chi connectivity index (χ3n) is 4.98. The number of rotatable bonds is 4. The second kappa shape index (κ2) is 7.92. The number of carbonyl (C=O) groups excluding carboxylic acids is 1. The van der Waals surface area contributed by atoms with E-state index in [1.807, 2.05) is 42.5 Å². The number of hydrogen-bond acceptors (Lipinski definition) is 4. The van der Waals surface area contributed by atoms with E-state index in [4.69, 9.17) is 12.2 Å². The van der Waals surface area contributed by atoms with Gasteiger partial charge in [0.05, 0.1) is 16.5 Å². The number of benzene rings is 3. The molecule has 1 amide bonds. The van der Waals surface area contributed by atoms with Gasteiger partial charge in [-0.05, 0) is 47.6 Å². The van der Waals surface area contributed by atoms with Gasteiger partial charge in [-0.3, -0.25) is 14.9 Å². The smallest absolute Gasteiger partial charge is 0.269 e. The monoisotopic (exact) mass is 418 g/mol. The maximum atomic E-state index is 13.2. The van der Waals surface area contributed by atoms with Crippen LogP contribution in [0.5, 0.6) is 0 Å². The van der Waals surface area contributed by atoms with Crippen LogP contribution in [0.25, 0.3) is 10.8 Å². The Morgan fingerprint density at radius 1 is 1.07 bits per heavy atom. The van der Waals surface area contributed by atoms with Gasteiger partial charge in [0, 0.05) is 23.5 Å². The molecule has 1 atom stereocenters. The molecular weight excluding hydrogens is 400 g/mol. The van der Waals surface area contributed by atoms with Gasteiger partial charge in [0.2, 0.25) is 0 Å². The fraction of sp³-hybridized carbons (Fsp3) is 0.0909. The fourth-order valence-corrected chi connectivity index (χ4v) is 3.87. The van der Waals surface area contributed by atoms with E-state index in [1.165, 1.54) is 24.3 Å². The molecule has 0 fully saturated rings. The molecule has 150 valence electrons. The maximum absolute atomic E-state index is 13.2. The number of nitrogens with one attached hydrogen (secondary N) is 3. The lowest BCUT2D eigenvalue weighted by molar-refractivity contribution is -0.384. The minimum Gasteiger partial charge on any atom is -0.351 e. The fourth-order valence-electron chi connectivity index (χ4n) is 3.60. The normalized spacial score (nSPS) is 16.0. The topological polar surface area (TPSA) is 96.3 Å². The Bertz CT molecular complexity index is 1200. The largest absolute Gasteiger partial charge is 0.351 e. The predicted octanol–water partition coefficient (Wildman–Crippen LogP) is 4.18. The van der Waals surface area contributed by atoms with Crippen molar-refractivity contribution in [3.63, 3.8) is 0 Å². The van der Waals surface area contributed by atoms with Crippen molar-refractivity contribution in [1.82, 2.24) is 10.6 Å². The summed E-state index contributed by atoms with van der Waals surface area (Å²) in [4.78, 5) is 23.6. The number of amides is 1. The maximum Gasteiger partial charge on any atom is 0.269 e. The van der Waals surface area contributed by atoms with E-state index in [2.05, 4.69) is 16.0 Å². The summed E-state index contributed by atoms with van der Waals surface area (Å²) < 4.78 is 0. The summed E-state index contributed by atoms with van der Waals surface area (Å²) in [5.41, 5.74) is 2.51. The van der Waals surface area contributed by atoms with Crippen molar-refractivity contribution in [2.24, 2.45) is 0 Å². The first-order chi connectivity index (χ1) is 14.4. The van der Waals surface area contributed by atoms with Crippen LogP contribution in [0.4, 0.5) is 11.4 Å². The molecule has 1 heterocycles. The van der Waals surface area contributed by atoms with Crippen molar-refractivity contribution in [1.29, 1.82) is 0 Å². The summed E-state index contributed by atoms with van der Waals surface area (Å²) in [7, 11) is 0. The minimum absolute atomic E-state index is 0.0385. The van der Waals surface area contributed by atoms with Crippen LogP contribution in [0.15, 0.2) is 78.0 Å². The zero-order chi connectivity index (χ0) is 21.3. The van der Waals surface area contributed by atoms with E-state index in [9.17, 15) is 14.9 Å². The average Bonchev–Trinajstić information content (AvgIpc) is 2.73. The van der Waals surface area contributed by atoms with E-state index < -0.39 is 11.0 Å². The average molecular weight is 418 g/mol. The number of fused-ring (bicyclic) bond motifs is 1. The van der Waals surface area contributed by atoms with Crippen LogP contribution >= 0.6 is 12.2 Å². The Hall–Kier alpha value is -3.78. The number of nitro groups is 1. The van der Waals surface area contributed by atoms with Crippen LogP contribution in [0.1, 0.15) is 18.5 Å². The van der Waals surface area contributed by atoms with E-state index in [1.54, 1.807) is 6.92 Å². The van der Waals surface area contributed by atoms with Crippen molar-refractivity contribution >= 4 is 45.4 Å². The second-order valence-corrected chi connectivity index (χ2v) is 7.30. The van der Waals surface area contributed by atoms with Crippen molar-refractivity contribution in [2.75, 3.05) is 5.32 Å². The van der Waals surface area contributed by atoms with Crippen molar-refractivity contribution in [3.8, 4) is 0 Å². The van der Waals surface area contributed by atoms with Gasteiger partial charge in [0.25, 0.3) is 11.6 Å². The number of nitrogens with zero attached hydrogens (tertiary/aromatic N) is 1. The van der Waals surface area contributed by atoms with Gasteiger partial charge in [-0.2, -0.15) is 0 Å². The third kappa shape index (κ3) is 3.72. The molecule has 0 radical (unpaired) electrons. The number of anilines is 1. The standard InChI is InChI=1S/C22H18N4O3S/c1-13-19(21(27)24-15-9-11-16(12-10-15)26(28)29)20(25-22(30)23-13)18-8-4-6-14-5-2-3-7-17(14)18/h2-12,20H,1H3,(H,24,27)(H2,23,25,30). The van der Waals surface area contributed by atoms with E-state index in [-0.39, 0.29) is 11.6 Å². The van der Waals surface area contributed by atoms with Crippen molar-refractivity contribution in [2.45, 2.75) is 13.0 Å². The zero-order valence-electron chi connectivity index (χ0n) is 16.0. The highest BCUT2D eigenvalue weighted by Crippen LogP contribution is 2.32. The molecule has 3 aromatic rings. The summed E-state index contributed by atoms with van der Waals surface area (Å²) in [6.07, 6.45) is 0. The Morgan fingerprint density at radius 2 is 1.77 bits per heavy atom. The lowest BCUT2D eigenvalue weighted by atomic mass is 9.91. The molecule has 3 aromatic carbocycles. The molecule has 0 spiro atoms. The third-order valence-corrected chi connectivity index (χ3v) is 5.20. The van der Waals surface area contributed by atoms with Gasteiger partial charge >= 0.3 is 0 Å². The summed E-state index contributed by atoms with van der Waals surface area (Å²) >= 11 is 5.34. The Morgan fingerprint density at radius 3 is 2.50 bits per heavy atom. The van der Waals surface area contributed by atoms with Crippen LogP contribution in [0.3, 0.4) is 0 Å². The number of carbonyl (C=O) groups is 1. The van der Waals surface area contributed by atoms with Gasteiger partial charge in [0.15, 0.2) is 5.11 Å². The number of non-ortho nitro benzene ring substituents is 1. The predicted molar refractivity (Wildman–Crippen MR) is 120 cm³/mol. The molecule has 1 aliphatic rings. The van der Waals surface area contributed by atoms with Gasteiger partial charge in [-0.1, -0.05) is 42.5 Å². The van der Waals surface area contributed by atoms with Crippen LogP contribution in [0, 0.1) is 10.1 Å². The molecule has 7 nitrogen and oxygen atoms in total. The van der Waals surface area contributed by atoms with E-state index in [0.717, 1.165) is 16.3 Å². The highest BCUT2D eigenvalue weighted by Gasteiger charge is 2.31. The Labute approximate surface area is 177 Å². The quantitative estimate of drug-likeness (QED) is 0.334. The number of hydrogen-bond donors (Lipinski definition) is 3. The SMILES string of the molecule is CC1=C(C(=O)Nc2ccc([N+](=O)[O-])cc2)C(c2cccc3ccccc23)NC(=S)N1. The molecule has 0 saturated heterocycles. The molecule has 0 bridgehead atoms. The first-order valence-electron chi connectivity index (χ1n) is 9.26. The molecule has 1 aliphatic heterocycles. The summed E-state index contributed by atoms with van der Waals surface area (Å²) in [5, 5.41) is 22.4. The number of allylic oxidation sites excluding steroid dienone is 1. The van der Waals surface area contributed by atoms with Crippen LogP contribution < -0.4 is 16.0 Å². The van der Waals surface area contributed by atoms with Gasteiger partial charge < -0.3 is 16.0 Å². The van der Waals surface area contributed by atoms with Gasteiger partial charge in [-0.15, -0.1) is 0 Å². The molecule has 0 saturated carbocycles. The lowest BCUT2D eigenvalue weighted by Gasteiger charge is -2.31. The number of nitro benzene ring substituents is 1. The highest BCUT2D eigenvalue weighted by molar-refractivity contribution is 7.80.